The minimum absolute atomic E-state index is 0.629. The summed E-state index contributed by atoms with van der Waals surface area (Å²) in [5.41, 5.74) is 10.1. The molecule has 5 heteroatoms. The van der Waals surface area contributed by atoms with Crippen LogP contribution in [-0.2, 0) is 0 Å². The van der Waals surface area contributed by atoms with Gasteiger partial charge in [-0.2, -0.15) is 0 Å². The zero-order valence-electron chi connectivity index (χ0n) is 28.4. The summed E-state index contributed by atoms with van der Waals surface area (Å²) in [6.45, 7) is 0. The first-order chi connectivity index (χ1) is 26.3. The van der Waals surface area contributed by atoms with Gasteiger partial charge in [0.05, 0.1) is 33.3 Å². The molecule has 0 N–H and O–H groups in total. The standard InChI is InChI=1S/C48H28N4O/c1-3-14-30(15-4-1)45-36-24-23-29-13-7-8-18-32(29)46(36)50-48(49-45)52-38-27-28-41-44(34-20-10-12-22-40(34)53-41)42(38)35-25-26-39-43(47(35)52)33-19-9-11-21-37(33)51(39)31-16-5-2-6-17-31/h1-28H. The molecule has 0 fully saturated rings. The summed E-state index contributed by atoms with van der Waals surface area (Å²) in [7, 11) is 0. The summed E-state index contributed by atoms with van der Waals surface area (Å²) in [6.07, 6.45) is 0. The lowest BCUT2D eigenvalue weighted by Gasteiger charge is -2.14. The maximum absolute atomic E-state index is 6.48. The molecule has 8 aromatic carbocycles. The van der Waals surface area contributed by atoms with E-state index >= 15 is 0 Å². The second-order valence-corrected chi connectivity index (χ2v) is 13.7. The molecule has 4 heterocycles. The van der Waals surface area contributed by atoms with Crippen LogP contribution in [0.4, 0.5) is 0 Å². The van der Waals surface area contributed by atoms with Crippen molar-refractivity contribution in [1.29, 1.82) is 0 Å². The number of benzene rings is 8. The van der Waals surface area contributed by atoms with Gasteiger partial charge in [0.2, 0.25) is 5.95 Å². The second-order valence-electron chi connectivity index (χ2n) is 13.7. The number of aromatic nitrogens is 4. The molecule has 0 saturated carbocycles. The van der Waals surface area contributed by atoms with Crippen LogP contribution >= 0.6 is 0 Å². The highest BCUT2D eigenvalue weighted by Crippen LogP contribution is 2.46. The van der Waals surface area contributed by atoms with Gasteiger partial charge in [-0.25, -0.2) is 9.97 Å². The molecule has 5 nitrogen and oxygen atoms in total. The average Bonchev–Trinajstić information content (AvgIpc) is 3.88. The van der Waals surface area contributed by atoms with Crippen molar-refractivity contribution in [3.8, 4) is 22.9 Å². The fraction of sp³-hybridized carbons (Fsp3) is 0. The van der Waals surface area contributed by atoms with Gasteiger partial charge in [-0.15, -0.1) is 0 Å². The summed E-state index contributed by atoms with van der Waals surface area (Å²) in [5.74, 6) is 0.629. The summed E-state index contributed by atoms with van der Waals surface area (Å²) in [5, 5.41) is 10.0. The number of hydrogen-bond donors (Lipinski definition) is 0. The van der Waals surface area contributed by atoms with Crippen LogP contribution in [0.2, 0.25) is 0 Å². The van der Waals surface area contributed by atoms with Crippen LogP contribution in [0.15, 0.2) is 174 Å². The van der Waals surface area contributed by atoms with Crippen LogP contribution in [0.5, 0.6) is 0 Å². The molecule has 4 aromatic heterocycles. The smallest absolute Gasteiger partial charge is 0.235 e. The molecular formula is C48H28N4O. The van der Waals surface area contributed by atoms with Gasteiger partial charge >= 0.3 is 0 Å². The van der Waals surface area contributed by atoms with Crippen LogP contribution in [0.1, 0.15) is 0 Å². The Morgan fingerprint density at radius 2 is 1.08 bits per heavy atom. The van der Waals surface area contributed by atoms with Crippen molar-refractivity contribution in [2.75, 3.05) is 0 Å². The van der Waals surface area contributed by atoms with Crippen LogP contribution < -0.4 is 0 Å². The van der Waals surface area contributed by atoms with E-state index in [2.05, 4.69) is 173 Å². The molecule has 0 unspecified atom stereocenters. The van der Waals surface area contributed by atoms with Gasteiger partial charge < -0.3 is 8.98 Å². The molecule has 0 saturated heterocycles. The molecule has 0 amide bonds. The molecule has 0 aliphatic carbocycles. The lowest BCUT2D eigenvalue weighted by molar-refractivity contribution is 0.669. The Balaban J connectivity index is 1.34. The van der Waals surface area contributed by atoms with Gasteiger partial charge in [-0.05, 0) is 53.9 Å². The van der Waals surface area contributed by atoms with E-state index in [0.29, 0.717) is 5.95 Å². The van der Waals surface area contributed by atoms with Crippen molar-refractivity contribution in [3.63, 3.8) is 0 Å². The molecule has 0 aliphatic heterocycles. The van der Waals surface area contributed by atoms with Crippen molar-refractivity contribution < 1.29 is 4.42 Å². The van der Waals surface area contributed by atoms with Gasteiger partial charge in [-0.1, -0.05) is 121 Å². The first kappa shape index (κ1) is 28.5. The highest BCUT2D eigenvalue weighted by molar-refractivity contribution is 6.33. The SMILES string of the molecule is c1ccc(-c2nc(-n3c4ccc5oc6ccccc6c5c4c4ccc5c(c6ccccc6n5-c5ccccc5)c43)nc3c2ccc2ccccc23)cc1. The first-order valence-corrected chi connectivity index (χ1v) is 17.9. The van der Waals surface area contributed by atoms with Crippen LogP contribution in [0, 0.1) is 0 Å². The van der Waals surface area contributed by atoms with Crippen molar-refractivity contribution in [1.82, 2.24) is 19.1 Å². The largest absolute Gasteiger partial charge is 0.456 e. The molecule has 0 spiro atoms. The van der Waals surface area contributed by atoms with Crippen molar-refractivity contribution in [2.45, 2.75) is 0 Å². The van der Waals surface area contributed by atoms with Gasteiger partial charge in [-0.3, -0.25) is 4.57 Å². The summed E-state index contributed by atoms with van der Waals surface area (Å²) >= 11 is 0. The van der Waals surface area contributed by atoms with E-state index in [1.54, 1.807) is 0 Å². The van der Waals surface area contributed by atoms with E-state index in [4.69, 9.17) is 14.4 Å². The lowest BCUT2D eigenvalue weighted by atomic mass is 10.0. The van der Waals surface area contributed by atoms with Gasteiger partial charge in [0.15, 0.2) is 0 Å². The quantitative estimate of drug-likeness (QED) is 0.175. The number of furan rings is 1. The Morgan fingerprint density at radius 3 is 1.94 bits per heavy atom. The van der Waals surface area contributed by atoms with E-state index in [-0.39, 0.29) is 0 Å². The Bertz CT molecular complexity index is 3450. The molecule has 12 rings (SSSR count). The normalized spacial score (nSPS) is 12.2. The lowest BCUT2D eigenvalue weighted by Crippen LogP contribution is -2.04. The molecule has 53 heavy (non-hydrogen) atoms. The summed E-state index contributed by atoms with van der Waals surface area (Å²) in [4.78, 5) is 11.1. The third-order valence-electron chi connectivity index (χ3n) is 10.9. The minimum Gasteiger partial charge on any atom is -0.456 e. The molecule has 0 radical (unpaired) electrons. The maximum Gasteiger partial charge on any atom is 0.235 e. The van der Waals surface area contributed by atoms with Crippen LogP contribution in [0.25, 0.3) is 110 Å². The van der Waals surface area contributed by atoms with Crippen LogP contribution in [0.3, 0.4) is 0 Å². The van der Waals surface area contributed by atoms with E-state index in [9.17, 15) is 0 Å². The fourth-order valence-electron chi connectivity index (χ4n) is 8.69. The highest BCUT2D eigenvalue weighted by atomic mass is 16.3. The molecule has 0 bridgehead atoms. The molecule has 0 aliphatic rings. The number of rotatable bonds is 3. The third-order valence-corrected chi connectivity index (χ3v) is 10.9. The van der Waals surface area contributed by atoms with Gasteiger partial charge in [0, 0.05) is 54.3 Å². The van der Waals surface area contributed by atoms with E-state index in [0.717, 1.165) is 98.8 Å². The van der Waals surface area contributed by atoms with Crippen LogP contribution in [-0.4, -0.2) is 19.1 Å². The van der Waals surface area contributed by atoms with Crippen molar-refractivity contribution in [2.24, 2.45) is 0 Å². The van der Waals surface area contributed by atoms with Gasteiger partial charge in [0.25, 0.3) is 0 Å². The summed E-state index contributed by atoms with van der Waals surface area (Å²) in [6, 6.07) is 59.9. The number of fused-ring (bicyclic) bond motifs is 14. The number of nitrogens with zero attached hydrogens (tertiary/aromatic N) is 4. The predicted octanol–water partition coefficient (Wildman–Crippen LogP) is 12.5. The summed E-state index contributed by atoms with van der Waals surface area (Å²) < 4.78 is 11.2. The highest BCUT2D eigenvalue weighted by Gasteiger charge is 2.25. The topological polar surface area (TPSA) is 48.8 Å². The average molecular weight is 677 g/mol. The molecule has 0 atom stereocenters. The predicted molar refractivity (Wildman–Crippen MR) is 218 cm³/mol. The number of hydrogen-bond acceptors (Lipinski definition) is 3. The number of para-hydroxylation sites is 3. The Morgan fingerprint density at radius 1 is 0.396 bits per heavy atom. The Kier molecular flexibility index (Phi) is 5.71. The van der Waals surface area contributed by atoms with E-state index < -0.39 is 0 Å². The maximum atomic E-state index is 6.48. The minimum atomic E-state index is 0.629. The van der Waals surface area contributed by atoms with E-state index in [1.165, 1.54) is 5.39 Å². The van der Waals surface area contributed by atoms with E-state index in [1.807, 2.05) is 6.07 Å². The Labute approximate surface area is 302 Å². The molecular weight excluding hydrogens is 649 g/mol. The second kappa shape index (κ2) is 10.6. The third kappa shape index (κ3) is 3.91. The Hall–Kier alpha value is -7.24. The zero-order chi connectivity index (χ0) is 34.6. The van der Waals surface area contributed by atoms with Crippen molar-refractivity contribution in [3.05, 3.63) is 170 Å². The molecule has 246 valence electrons. The fourth-order valence-corrected chi connectivity index (χ4v) is 8.69. The van der Waals surface area contributed by atoms with Crippen molar-refractivity contribution >= 4 is 87.2 Å². The zero-order valence-corrected chi connectivity index (χ0v) is 28.4. The monoisotopic (exact) mass is 676 g/mol. The first-order valence-electron chi connectivity index (χ1n) is 17.9. The molecule has 12 aromatic rings. The van der Waals surface area contributed by atoms with Gasteiger partial charge in [0.1, 0.15) is 11.2 Å².